The molecule has 6 heteroatoms. The molecule has 2 fully saturated rings. The zero-order valence-corrected chi connectivity index (χ0v) is 17.2. The molecule has 2 aliphatic rings. The van der Waals surface area contributed by atoms with Crippen LogP contribution in [0, 0.1) is 17.3 Å². The smallest absolute Gasteiger partial charge is 0.303 e. The largest absolute Gasteiger partial charge is 0.491 e. The zero-order chi connectivity index (χ0) is 20.9. The van der Waals surface area contributed by atoms with E-state index in [0.717, 1.165) is 19.3 Å². The van der Waals surface area contributed by atoms with Crippen LogP contribution in [0.1, 0.15) is 65.7 Å². The molecule has 160 valence electrons. The molecule has 2 rings (SSSR count). The molecule has 5 nitrogen and oxygen atoms in total. The maximum Gasteiger partial charge on any atom is 0.303 e. The monoisotopic (exact) mass is 398 g/mol. The number of unbranched alkanes of at least 4 members (excludes halogenated alkanes) is 2. The molecule has 3 N–H and O–H groups in total. The minimum absolute atomic E-state index is 0.0450. The van der Waals surface area contributed by atoms with E-state index in [-0.39, 0.29) is 23.7 Å². The average Bonchev–Trinajstić information content (AvgIpc) is 3.09. The van der Waals surface area contributed by atoms with Gasteiger partial charge in [-0.15, -0.1) is 0 Å². The maximum absolute atomic E-state index is 15.0. The molecule has 1 saturated heterocycles. The van der Waals surface area contributed by atoms with E-state index < -0.39 is 36.2 Å². The van der Waals surface area contributed by atoms with E-state index in [9.17, 15) is 19.4 Å². The Morgan fingerprint density at radius 1 is 1.39 bits per heavy atom. The van der Waals surface area contributed by atoms with Gasteiger partial charge in [0.05, 0.1) is 12.2 Å². The van der Waals surface area contributed by atoms with Gasteiger partial charge in [-0.05, 0) is 30.8 Å². The fourth-order valence-electron chi connectivity index (χ4n) is 4.19. The Labute approximate surface area is 167 Å². The number of carboxylic acids is 1. The van der Waals surface area contributed by atoms with Crippen LogP contribution < -0.4 is 0 Å². The highest BCUT2D eigenvalue weighted by Crippen LogP contribution is 2.47. The Morgan fingerprint density at radius 3 is 2.75 bits per heavy atom. The number of rotatable bonds is 10. The molecular formula is C22H35FO5. The lowest BCUT2D eigenvalue weighted by Gasteiger charge is -2.29. The number of halogens is 1. The normalized spacial score (nSPS) is 32.6. The molecule has 0 unspecified atom stereocenters. The molecule has 0 radical (unpaired) electrons. The molecule has 0 aromatic carbocycles. The molecule has 1 aliphatic heterocycles. The third kappa shape index (κ3) is 5.57. The quantitative estimate of drug-likeness (QED) is 0.383. The van der Waals surface area contributed by atoms with Gasteiger partial charge in [0.2, 0.25) is 0 Å². The zero-order valence-electron chi connectivity index (χ0n) is 17.2. The number of alkyl halides is 1. The maximum atomic E-state index is 15.0. The van der Waals surface area contributed by atoms with E-state index in [0.29, 0.717) is 19.3 Å². The van der Waals surface area contributed by atoms with Crippen LogP contribution >= 0.6 is 0 Å². The first-order chi connectivity index (χ1) is 13.2. The summed E-state index contributed by atoms with van der Waals surface area (Å²) >= 11 is 0. The van der Waals surface area contributed by atoms with Gasteiger partial charge in [0.15, 0.2) is 6.17 Å². The fraction of sp³-hybridized carbons (Fsp3) is 0.773. The molecule has 1 heterocycles. The number of carboxylic acid groups (broad SMARTS) is 1. The number of aliphatic carboxylic acids is 1. The van der Waals surface area contributed by atoms with Gasteiger partial charge in [0.25, 0.3) is 0 Å². The third-order valence-electron chi connectivity index (χ3n) is 6.12. The van der Waals surface area contributed by atoms with E-state index in [2.05, 4.69) is 6.92 Å². The Balaban J connectivity index is 2.00. The van der Waals surface area contributed by atoms with Crippen molar-refractivity contribution in [3.63, 3.8) is 0 Å². The second kappa shape index (κ2) is 9.88. The summed E-state index contributed by atoms with van der Waals surface area (Å²) in [6.45, 7) is 6.14. The van der Waals surface area contributed by atoms with Crippen molar-refractivity contribution >= 4 is 5.97 Å². The van der Waals surface area contributed by atoms with Crippen LogP contribution in [0.4, 0.5) is 4.39 Å². The minimum atomic E-state index is -1.31. The molecule has 1 aliphatic carbocycles. The summed E-state index contributed by atoms with van der Waals surface area (Å²) in [5.74, 6) is -1.48. The van der Waals surface area contributed by atoms with Gasteiger partial charge >= 0.3 is 5.97 Å². The number of aliphatic hydroxyl groups is 2. The second-order valence-electron chi connectivity index (χ2n) is 8.83. The average molecular weight is 399 g/mol. The number of ether oxygens (including phenoxy) is 1. The number of hydrogen-bond acceptors (Lipinski definition) is 4. The lowest BCUT2D eigenvalue weighted by molar-refractivity contribution is -0.137. The van der Waals surface area contributed by atoms with Crippen molar-refractivity contribution < 1.29 is 29.2 Å². The van der Waals surface area contributed by atoms with Gasteiger partial charge in [-0.3, -0.25) is 4.79 Å². The molecule has 6 atom stereocenters. The molecule has 0 bridgehead atoms. The van der Waals surface area contributed by atoms with Crippen LogP contribution in [0.5, 0.6) is 0 Å². The molecule has 28 heavy (non-hydrogen) atoms. The van der Waals surface area contributed by atoms with Gasteiger partial charge < -0.3 is 20.1 Å². The van der Waals surface area contributed by atoms with Crippen LogP contribution in [0.15, 0.2) is 24.0 Å². The Kier molecular flexibility index (Phi) is 8.07. The van der Waals surface area contributed by atoms with Gasteiger partial charge in [0, 0.05) is 24.7 Å². The topological polar surface area (TPSA) is 87.0 Å². The molecule has 1 saturated carbocycles. The van der Waals surface area contributed by atoms with Crippen molar-refractivity contribution in [3.05, 3.63) is 24.0 Å². The van der Waals surface area contributed by atoms with Crippen molar-refractivity contribution in [2.24, 2.45) is 17.3 Å². The van der Waals surface area contributed by atoms with Crippen LogP contribution in [0.3, 0.4) is 0 Å². The molecule has 0 spiro atoms. The lowest BCUT2D eigenvalue weighted by atomic mass is 9.80. The first kappa shape index (κ1) is 22.9. The summed E-state index contributed by atoms with van der Waals surface area (Å²) < 4.78 is 20.7. The van der Waals surface area contributed by atoms with Crippen molar-refractivity contribution in [3.8, 4) is 0 Å². The van der Waals surface area contributed by atoms with Crippen molar-refractivity contribution in [2.75, 3.05) is 0 Å². The van der Waals surface area contributed by atoms with E-state index in [1.807, 2.05) is 13.8 Å². The SMILES string of the molecule is CCCCC(C)(C)[C@H](O)/C=C/[C@@H]1[C@H]2[C@H](F)/C(=C/CCCC(=O)O)O[C@@H]2C[C@H]1O. The molecular weight excluding hydrogens is 363 g/mol. The van der Waals surface area contributed by atoms with E-state index in [1.165, 1.54) is 0 Å². The molecule has 0 amide bonds. The number of aliphatic hydroxyl groups excluding tert-OH is 2. The van der Waals surface area contributed by atoms with E-state index in [1.54, 1.807) is 18.2 Å². The highest BCUT2D eigenvalue weighted by molar-refractivity contribution is 5.66. The minimum Gasteiger partial charge on any atom is -0.491 e. The number of hydrogen-bond donors (Lipinski definition) is 3. The second-order valence-corrected chi connectivity index (χ2v) is 8.83. The summed E-state index contributed by atoms with van der Waals surface area (Å²) in [5, 5.41) is 29.6. The van der Waals surface area contributed by atoms with Crippen LogP contribution in [0.2, 0.25) is 0 Å². The predicted molar refractivity (Wildman–Crippen MR) is 105 cm³/mol. The fourth-order valence-corrected chi connectivity index (χ4v) is 4.19. The summed E-state index contributed by atoms with van der Waals surface area (Å²) in [6, 6.07) is 0. The molecule has 0 aromatic heterocycles. The highest BCUT2D eigenvalue weighted by atomic mass is 19.1. The number of carbonyl (C=O) groups is 1. The Morgan fingerprint density at radius 2 is 2.11 bits per heavy atom. The highest BCUT2D eigenvalue weighted by Gasteiger charge is 2.53. The first-order valence-electron chi connectivity index (χ1n) is 10.4. The van der Waals surface area contributed by atoms with Gasteiger partial charge in [-0.2, -0.15) is 0 Å². The van der Waals surface area contributed by atoms with Crippen LogP contribution in [-0.2, 0) is 9.53 Å². The summed E-state index contributed by atoms with van der Waals surface area (Å²) in [5.41, 5.74) is -0.272. The summed E-state index contributed by atoms with van der Waals surface area (Å²) in [7, 11) is 0. The summed E-state index contributed by atoms with van der Waals surface area (Å²) in [6.07, 6.45) is 6.36. The Bertz CT molecular complexity index is 585. The first-order valence-corrected chi connectivity index (χ1v) is 10.4. The van der Waals surface area contributed by atoms with Crippen molar-refractivity contribution in [1.29, 1.82) is 0 Å². The van der Waals surface area contributed by atoms with Gasteiger partial charge in [0.1, 0.15) is 11.9 Å². The predicted octanol–water partition coefficient (Wildman–Crippen LogP) is 3.99. The standard InChI is InChI=1S/C22H35FO5/c1-4-5-12-22(2,3)18(25)11-10-14-15(24)13-17-20(14)21(23)16(28-17)8-6-7-9-19(26)27/h8,10-11,14-15,17-18,20-21,24-25H,4-7,9,12-13H2,1-3H3,(H,26,27)/b11-10+,16-8-/t14-,15+,17+,18+,20+,21+/m0/s1. The lowest BCUT2D eigenvalue weighted by Crippen LogP contribution is -2.29. The molecule has 0 aromatic rings. The third-order valence-corrected chi connectivity index (χ3v) is 6.12. The number of fused-ring (bicyclic) bond motifs is 1. The van der Waals surface area contributed by atoms with Crippen molar-refractivity contribution in [2.45, 2.75) is 90.2 Å². The van der Waals surface area contributed by atoms with Crippen molar-refractivity contribution in [1.82, 2.24) is 0 Å². The van der Waals surface area contributed by atoms with E-state index in [4.69, 9.17) is 9.84 Å². The summed E-state index contributed by atoms with van der Waals surface area (Å²) in [4.78, 5) is 10.6. The number of allylic oxidation sites excluding steroid dienone is 2. The Hall–Kier alpha value is -1.40. The van der Waals surface area contributed by atoms with Gasteiger partial charge in [-0.1, -0.05) is 45.8 Å². The van der Waals surface area contributed by atoms with Crippen LogP contribution in [-0.4, -0.2) is 45.8 Å². The van der Waals surface area contributed by atoms with Crippen LogP contribution in [0.25, 0.3) is 0 Å². The van der Waals surface area contributed by atoms with E-state index >= 15 is 0 Å². The van der Waals surface area contributed by atoms with Gasteiger partial charge in [-0.25, -0.2) is 4.39 Å².